The number of nitrogens with zero attached hydrogens (tertiary/aromatic N) is 3. The van der Waals surface area contributed by atoms with Gasteiger partial charge in [-0.15, -0.1) is 5.10 Å². The number of nitrogen functional groups attached to an aromatic ring is 1. The van der Waals surface area contributed by atoms with Crippen LogP contribution in [0.1, 0.15) is 22.4 Å². The third-order valence-electron chi connectivity index (χ3n) is 2.99. The fourth-order valence-electron chi connectivity index (χ4n) is 1.61. The van der Waals surface area contributed by atoms with E-state index in [4.69, 9.17) is 10.5 Å². The molecular formula is C14H14N4O. The Kier molecular flexibility index (Phi) is 3.34. The maximum Gasteiger partial charge on any atom is 0.257 e. The lowest BCUT2D eigenvalue weighted by atomic mass is 10.1. The van der Waals surface area contributed by atoms with Gasteiger partial charge in [-0.05, 0) is 50.1 Å². The highest BCUT2D eigenvalue weighted by Crippen LogP contribution is 2.27. The van der Waals surface area contributed by atoms with Gasteiger partial charge in [-0.25, -0.2) is 0 Å². The molecule has 0 aliphatic rings. The van der Waals surface area contributed by atoms with Crippen LogP contribution in [-0.2, 0) is 0 Å². The second-order valence-corrected chi connectivity index (χ2v) is 4.32. The summed E-state index contributed by atoms with van der Waals surface area (Å²) in [5.41, 5.74) is 9.25. The van der Waals surface area contributed by atoms with Crippen LogP contribution in [0.3, 0.4) is 0 Å². The topological polar surface area (TPSA) is 84.8 Å². The van der Waals surface area contributed by atoms with Gasteiger partial charge in [-0.2, -0.15) is 10.4 Å². The molecule has 1 aromatic carbocycles. The molecule has 2 aromatic rings. The van der Waals surface area contributed by atoms with Gasteiger partial charge < -0.3 is 10.5 Å². The maximum absolute atomic E-state index is 9.18. The van der Waals surface area contributed by atoms with Crippen molar-refractivity contribution in [2.75, 3.05) is 5.73 Å². The van der Waals surface area contributed by atoms with Crippen molar-refractivity contribution >= 4 is 5.69 Å². The smallest absolute Gasteiger partial charge is 0.257 e. The maximum atomic E-state index is 9.18. The standard InChI is InChI=1S/C14H14N4O/c1-8-6-11(4-5-13(8)16)19-14-12(7-15)9(2)10(3)17-18-14/h4-6H,16H2,1-3H3. The number of hydrogen-bond donors (Lipinski definition) is 1. The normalized spacial score (nSPS) is 10.0. The summed E-state index contributed by atoms with van der Waals surface area (Å²) < 4.78 is 5.62. The van der Waals surface area contributed by atoms with Crippen LogP contribution in [0, 0.1) is 32.1 Å². The first-order chi connectivity index (χ1) is 9.02. The zero-order valence-corrected chi connectivity index (χ0v) is 11.1. The number of nitrogens with two attached hydrogens (primary N) is 1. The summed E-state index contributed by atoms with van der Waals surface area (Å²) in [6, 6.07) is 7.39. The quantitative estimate of drug-likeness (QED) is 0.833. The third-order valence-corrected chi connectivity index (χ3v) is 2.99. The lowest BCUT2D eigenvalue weighted by molar-refractivity contribution is 0.451. The number of hydrogen-bond acceptors (Lipinski definition) is 5. The molecule has 0 bridgehead atoms. The largest absolute Gasteiger partial charge is 0.437 e. The fraction of sp³-hybridized carbons (Fsp3) is 0.214. The highest BCUT2D eigenvalue weighted by atomic mass is 16.5. The molecule has 0 saturated carbocycles. The van der Waals surface area contributed by atoms with Crippen LogP contribution in [0.5, 0.6) is 11.6 Å². The molecule has 0 unspecified atom stereocenters. The zero-order chi connectivity index (χ0) is 14.0. The molecule has 0 aliphatic heterocycles. The highest BCUT2D eigenvalue weighted by molar-refractivity contribution is 5.51. The highest BCUT2D eigenvalue weighted by Gasteiger charge is 2.13. The molecule has 0 fully saturated rings. The van der Waals surface area contributed by atoms with E-state index in [1.807, 2.05) is 13.8 Å². The first-order valence-corrected chi connectivity index (χ1v) is 5.81. The van der Waals surface area contributed by atoms with Crippen molar-refractivity contribution in [3.05, 3.63) is 40.6 Å². The molecule has 0 amide bonds. The number of rotatable bonds is 2. The lowest BCUT2D eigenvalue weighted by Gasteiger charge is -2.09. The Balaban J connectivity index is 2.41. The Bertz CT molecular complexity index is 674. The van der Waals surface area contributed by atoms with E-state index < -0.39 is 0 Å². The summed E-state index contributed by atoms with van der Waals surface area (Å²) in [6.45, 7) is 5.52. The number of ether oxygens (including phenoxy) is 1. The van der Waals surface area contributed by atoms with Crippen molar-refractivity contribution in [3.8, 4) is 17.7 Å². The summed E-state index contributed by atoms with van der Waals surface area (Å²) in [5, 5.41) is 17.1. The predicted octanol–water partition coefficient (Wildman–Crippen LogP) is 2.65. The van der Waals surface area contributed by atoms with Gasteiger partial charge in [0, 0.05) is 5.69 Å². The number of nitriles is 1. The Morgan fingerprint density at radius 1 is 1.21 bits per heavy atom. The molecule has 1 aromatic heterocycles. The molecule has 19 heavy (non-hydrogen) atoms. The van der Waals surface area contributed by atoms with Crippen LogP contribution in [0.2, 0.25) is 0 Å². The molecule has 0 atom stereocenters. The van der Waals surface area contributed by atoms with E-state index in [9.17, 15) is 5.26 Å². The second kappa shape index (κ2) is 4.94. The van der Waals surface area contributed by atoms with E-state index in [0.717, 1.165) is 16.8 Å². The van der Waals surface area contributed by atoms with Gasteiger partial charge in [0.15, 0.2) is 0 Å². The van der Waals surface area contributed by atoms with Crippen molar-refractivity contribution in [2.24, 2.45) is 0 Å². The number of aryl methyl sites for hydroxylation is 2. The minimum absolute atomic E-state index is 0.217. The van der Waals surface area contributed by atoms with Crippen LogP contribution in [0.25, 0.3) is 0 Å². The van der Waals surface area contributed by atoms with E-state index in [1.54, 1.807) is 25.1 Å². The van der Waals surface area contributed by atoms with Crippen molar-refractivity contribution in [1.82, 2.24) is 10.2 Å². The van der Waals surface area contributed by atoms with Crippen molar-refractivity contribution in [2.45, 2.75) is 20.8 Å². The molecule has 1 heterocycles. The molecule has 2 rings (SSSR count). The molecule has 96 valence electrons. The Morgan fingerprint density at radius 2 is 1.95 bits per heavy atom. The third kappa shape index (κ3) is 2.47. The Morgan fingerprint density at radius 3 is 2.58 bits per heavy atom. The van der Waals surface area contributed by atoms with Gasteiger partial charge in [0.2, 0.25) is 0 Å². The molecular weight excluding hydrogens is 240 g/mol. The van der Waals surface area contributed by atoms with Crippen molar-refractivity contribution < 1.29 is 4.74 Å². The van der Waals surface area contributed by atoms with Crippen LogP contribution >= 0.6 is 0 Å². The van der Waals surface area contributed by atoms with Crippen molar-refractivity contribution in [3.63, 3.8) is 0 Å². The molecule has 0 radical (unpaired) electrons. The SMILES string of the molecule is Cc1cc(Oc2nnc(C)c(C)c2C#N)ccc1N. The summed E-state index contributed by atoms with van der Waals surface area (Å²) in [4.78, 5) is 0. The summed E-state index contributed by atoms with van der Waals surface area (Å²) in [5.74, 6) is 0.801. The van der Waals surface area contributed by atoms with Gasteiger partial charge in [-0.1, -0.05) is 0 Å². The zero-order valence-electron chi connectivity index (χ0n) is 11.1. The first kappa shape index (κ1) is 12.8. The van der Waals surface area contributed by atoms with Gasteiger partial charge >= 0.3 is 0 Å². The second-order valence-electron chi connectivity index (χ2n) is 4.32. The van der Waals surface area contributed by atoms with Crippen molar-refractivity contribution in [1.29, 1.82) is 5.26 Å². The predicted molar refractivity (Wildman–Crippen MR) is 71.9 cm³/mol. The fourth-order valence-corrected chi connectivity index (χ4v) is 1.61. The van der Waals surface area contributed by atoms with Crippen LogP contribution in [-0.4, -0.2) is 10.2 Å². The van der Waals surface area contributed by atoms with E-state index in [1.165, 1.54) is 0 Å². The van der Waals surface area contributed by atoms with Crippen LogP contribution in [0.4, 0.5) is 5.69 Å². The molecule has 0 spiro atoms. The van der Waals surface area contributed by atoms with Crippen LogP contribution in [0.15, 0.2) is 18.2 Å². The van der Waals surface area contributed by atoms with Gasteiger partial charge in [-0.3, -0.25) is 0 Å². The summed E-state index contributed by atoms with van der Waals surface area (Å²) in [7, 11) is 0. The average Bonchev–Trinajstić information content (AvgIpc) is 2.39. The Labute approximate surface area is 111 Å². The average molecular weight is 254 g/mol. The minimum atomic E-state index is 0.217. The first-order valence-electron chi connectivity index (χ1n) is 5.81. The number of aromatic nitrogens is 2. The van der Waals surface area contributed by atoms with Gasteiger partial charge in [0.05, 0.1) is 5.69 Å². The Hall–Kier alpha value is -2.61. The van der Waals surface area contributed by atoms with Gasteiger partial charge in [0.25, 0.3) is 5.88 Å². The molecule has 0 aliphatic carbocycles. The van der Waals surface area contributed by atoms with Crippen LogP contribution < -0.4 is 10.5 Å². The van der Waals surface area contributed by atoms with E-state index >= 15 is 0 Å². The van der Waals surface area contributed by atoms with E-state index in [2.05, 4.69) is 16.3 Å². The van der Waals surface area contributed by atoms with E-state index in [0.29, 0.717) is 17.0 Å². The monoisotopic (exact) mass is 254 g/mol. The number of anilines is 1. The van der Waals surface area contributed by atoms with E-state index in [-0.39, 0.29) is 5.88 Å². The van der Waals surface area contributed by atoms with Gasteiger partial charge in [0.1, 0.15) is 17.4 Å². The molecule has 5 heteroatoms. The summed E-state index contributed by atoms with van der Waals surface area (Å²) in [6.07, 6.45) is 0. The molecule has 2 N–H and O–H groups in total. The molecule has 5 nitrogen and oxygen atoms in total. The minimum Gasteiger partial charge on any atom is -0.437 e. The summed E-state index contributed by atoms with van der Waals surface area (Å²) >= 11 is 0. The lowest BCUT2D eigenvalue weighted by Crippen LogP contribution is -2.00. The molecule has 0 saturated heterocycles. The number of benzene rings is 1.